The van der Waals surface area contributed by atoms with Crippen LogP contribution in [-0.4, -0.2) is 22.6 Å². The molecule has 1 aliphatic rings. The molecular weight excluding hydrogens is 395 g/mol. The summed E-state index contributed by atoms with van der Waals surface area (Å²) in [5.74, 6) is -1.93. The molecule has 0 radical (unpaired) electrons. The Labute approximate surface area is 171 Å². The highest BCUT2D eigenvalue weighted by Crippen LogP contribution is 2.40. The van der Waals surface area contributed by atoms with Crippen LogP contribution >= 0.6 is 0 Å². The number of carbonyl (C=O) groups is 1. The number of rotatable bonds is 5. The fraction of sp³-hybridized carbons (Fsp3) is 0.318. The van der Waals surface area contributed by atoms with Crippen molar-refractivity contribution in [3.05, 3.63) is 71.6 Å². The Balaban J connectivity index is 1.50. The van der Waals surface area contributed by atoms with E-state index in [4.69, 9.17) is 0 Å². The number of hydrogen-bond acceptors (Lipinski definition) is 4. The second kappa shape index (κ2) is 7.93. The molecule has 1 fully saturated rings. The van der Waals surface area contributed by atoms with Crippen LogP contribution in [0.4, 0.5) is 13.2 Å². The number of hydrogen-bond donors (Lipinski definition) is 1. The van der Waals surface area contributed by atoms with Gasteiger partial charge < -0.3 is 9.84 Å². The second-order valence-electron chi connectivity index (χ2n) is 7.54. The first-order valence-electron chi connectivity index (χ1n) is 9.72. The Kier molecular flexibility index (Phi) is 5.32. The zero-order chi connectivity index (χ0) is 21.2. The van der Waals surface area contributed by atoms with Gasteiger partial charge in [0.25, 0.3) is 5.91 Å². The minimum Gasteiger partial charge on any atom is -0.351 e. The van der Waals surface area contributed by atoms with Gasteiger partial charge in [-0.2, -0.15) is 18.2 Å². The summed E-state index contributed by atoms with van der Waals surface area (Å²) >= 11 is 0. The zero-order valence-electron chi connectivity index (χ0n) is 16.1. The van der Waals surface area contributed by atoms with Gasteiger partial charge in [-0.3, -0.25) is 4.79 Å². The van der Waals surface area contributed by atoms with Gasteiger partial charge >= 0.3 is 12.1 Å². The minimum atomic E-state index is -4.72. The molecule has 0 aliphatic heterocycles. The number of amides is 1. The van der Waals surface area contributed by atoms with E-state index in [9.17, 15) is 18.0 Å². The number of alkyl halides is 3. The molecule has 1 saturated carbocycles. The van der Waals surface area contributed by atoms with Gasteiger partial charge in [0.05, 0.1) is 0 Å². The lowest BCUT2D eigenvalue weighted by molar-refractivity contribution is -0.159. The van der Waals surface area contributed by atoms with Crippen molar-refractivity contribution in [2.24, 2.45) is 0 Å². The van der Waals surface area contributed by atoms with Gasteiger partial charge in [-0.15, -0.1) is 0 Å². The summed E-state index contributed by atoms with van der Waals surface area (Å²) in [6, 6.07) is 16.3. The van der Waals surface area contributed by atoms with Gasteiger partial charge in [0.15, 0.2) is 0 Å². The maximum absolute atomic E-state index is 12.8. The van der Waals surface area contributed by atoms with Crippen molar-refractivity contribution in [2.75, 3.05) is 6.54 Å². The first-order valence-corrected chi connectivity index (χ1v) is 9.72. The predicted molar refractivity (Wildman–Crippen MR) is 104 cm³/mol. The molecule has 1 N–H and O–H groups in total. The molecule has 4 rings (SSSR count). The van der Waals surface area contributed by atoms with Crippen LogP contribution in [0.2, 0.25) is 0 Å². The first kappa shape index (κ1) is 20.1. The van der Waals surface area contributed by atoms with E-state index < -0.39 is 12.1 Å². The summed E-state index contributed by atoms with van der Waals surface area (Å²) in [4.78, 5) is 16.1. The summed E-state index contributed by atoms with van der Waals surface area (Å²) in [7, 11) is 0. The van der Waals surface area contributed by atoms with Gasteiger partial charge in [0.2, 0.25) is 5.82 Å². The quantitative estimate of drug-likeness (QED) is 0.637. The van der Waals surface area contributed by atoms with Crippen molar-refractivity contribution in [2.45, 2.75) is 37.3 Å². The fourth-order valence-electron chi connectivity index (χ4n) is 4.02. The third kappa shape index (κ3) is 4.08. The Hall–Kier alpha value is -3.16. The van der Waals surface area contributed by atoms with Crippen molar-refractivity contribution in [3.63, 3.8) is 0 Å². The van der Waals surface area contributed by atoms with E-state index in [2.05, 4.69) is 32.1 Å². The Bertz CT molecular complexity index is 1030. The average molecular weight is 415 g/mol. The van der Waals surface area contributed by atoms with Crippen LogP contribution in [0.5, 0.6) is 0 Å². The van der Waals surface area contributed by atoms with Crippen molar-refractivity contribution in [1.82, 2.24) is 15.5 Å². The second-order valence-corrected chi connectivity index (χ2v) is 7.54. The smallest absolute Gasteiger partial charge is 0.351 e. The third-order valence-electron chi connectivity index (χ3n) is 5.59. The summed E-state index contributed by atoms with van der Waals surface area (Å²) in [5.41, 5.74) is 1.72. The molecule has 0 spiro atoms. The molecule has 30 heavy (non-hydrogen) atoms. The highest BCUT2D eigenvalue weighted by atomic mass is 19.4. The molecule has 0 saturated heterocycles. The molecule has 1 heterocycles. The van der Waals surface area contributed by atoms with Crippen LogP contribution in [0.3, 0.4) is 0 Å². The minimum absolute atomic E-state index is 0.0934. The third-order valence-corrected chi connectivity index (χ3v) is 5.59. The van der Waals surface area contributed by atoms with Gasteiger partial charge in [-0.25, -0.2) is 0 Å². The lowest BCUT2D eigenvalue weighted by Crippen LogP contribution is -2.39. The summed E-state index contributed by atoms with van der Waals surface area (Å²) < 4.78 is 42.3. The number of halogens is 3. The molecule has 3 aromatic rings. The maximum atomic E-state index is 12.8. The van der Waals surface area contributed by atoms with Crippen molar-refractivity contribution >= 4 is 5.91 Å². The van der Waals surface area contributed by atoms with Crippen LogP contribution in [0, 0.1) is 0 Å². The van der Waals surface area contributed by atoms with Crippen LogP contribution in [0.1, 0.15) is 47.5 Å². The predicted octanol–water partition coefficient (Wildman–Crippen LogP) is 5.00. The lowest BCUT2D eigenvalue weighted by atomic mass is 9.79. The van der Waals surface area contributed by atoms with Crippen molar-refractivity contribution in [1.29, 1.82) is 0 Å². The van der Waals surface area contributed by atoms with E-state index in [1.165, 1.54) is 17.7 Å². The molecule has 1 aliphatic carbocycles. The molecule has 1 amide bonds. The van der Waals surface area contributed by atoms with Crippen LogP contribution < -0.4 is 5.32 Å². The summed E-state index contributed by atoms with van der Waals surface area (Å²) in [6.45, 7) is 0.501. The van der Waals surface area contributed by atoms with Gasteiger partial charge in [0.1, 0.15) is 0 Å². The highest BCUT2D eigenvalue weighted by Gasteiger charge is 2.38. The topological polar surface area (TPSA) is 68.0 Å². The molecule has 0 unspecified atom stereocenters. The SMILES string of the molecule is O=C(NCC1(c2ccccc2)CCCC1)c1cccc(-c2noc(C(F)(F)F)n2)c1. The number of aromatic nitrogens is 2. The van der Waals surface area contributed by atoms with Crippen LogP contribution in [0.25, 0.3) is 11.4 Å². The summed E-state index contributed by atoms with van der Waals surface area (Å²) in [6.07, 6.45) is -0.493. The Morgan fingerprint density at radius 3 is 2.47 bits per heavy atom. The standard InChI is InChI=1S/C22H20F3N3O2/c23-22(24,25)20-27-18(28-30-20)15-7-6-8-16(13-15)19(29)26-14-21(11-4-5-12-21)17-9-2-1-3-10-17/h1-3,6-10,13H,4-5,11-12,14H2,(H,26,29). The number of carbonyl (C=O) groups excluding carboxylic acids is 1. The van der Waals surface area contributed by atoms with Crippen molar-refractivity contribution < 1.29 is 22.5 Å². The molecule has 0 atom stereocenters. The van der Waals surface area contributed by atoms with E-state index in [1.807, 2.05) is 18.2 Å². The molecule has 156 valence electrons. The van der Waals surface area contributed by atoms with E-state index >= 15 is 0 Å². The highest BCUT2D eigenvalue weighted by molar-refractivity contribution is 5.95. The summed E-state index contributed by atoms with van der Waals surface area (Å²) in [5, 5.41) is 6.38. The average Bonchev–Trinajstić information content (AvgIpc) is 3.43. The van der Waals surface area contributed by atoms with Gasteiger partial charge in [0, 0.05) is 23.1 Å². The number of nitrogens with one attached hydrogen (secondary N) is 1. The first-order chi connectivity index (χ1) is 14.4. The van der Waals surface area contributed by atoms with Crippen LogP contribution in [-0.2, 0) is 11.6 Å². The normalized spacial score (nSPS) is 15.8. The van der Waals surface area contributed by atoms with E-state index in [0.717, 1.165) is 25.7 Å². The molecule has 8 heteroatoms. The van der Waals surface area contributed by atoms with E-state index in [1.54, 1.807) is 12.1 Å². The Morgan fingerprint density at radius 2 is 1.80 bits per heavy atom. The van der Waals surface area contributed by atoms with Gasteiger partial charge in [-0.05, 0) is 30.5 Å². The molecule has 2 aromatic carbocycles. The van der Waals surface area contributed by atoms with Gasteiger partial charge in [-0.1, -0.05) is 60.5 Å². The largest absolute Gasteiger partial charge is 0.471 e. The monoisotopic (exact) mass is 415 g/mol. The van der Waals surface area contributed by atoms with E-state index in [-0.39, 0.29) is 22.7 Å². The van der Waals surface area contributed by atoms with Crippen molar-refractivity contribution in [3.8, 4) is 11.4 Å². The van der Waals surface area contributed by atoms with Crippen LogP contribution in [0.15, 0.2) is 59.1 Å². The molecular formula is C22H20F3N3O2. The Morgan fingerprint density at radius 1 is 1.07 bits per heavy atom. The maximum Gasteiger partial charge on any atom is 0.471 e. The number of nitrogens with zero attached hydrogens (tertiary/aromatic N) is 2. The number of benzene rings is 2. The molecule has 1 aromatic heterocycles. The molecule has 0 bridgehead atoms. The lowest BCUT2D eigenvalue weighted by Gasteiger charge is -2.30. The zero-order valence-corrected chi connectivity index (χ0v) is 16.1. The van der Waals surface area contributed by atoms with E-state index in [0.29, 0.717) is 12.1 Å². The molecule has 5 nitrogen and oxygen atoms in total. The fourth-order valence-corrected chi connectivity index (χ4v) is 4.02.